The molecule has 0 radical (unpaired) electrons. The fraction of sp³-hybridized carbons (Fsp3) is 0.818. The molecule has 0 fully saturated rings. The highest BCUT2D eigenvalue weighted by Crippen LogP contribution is 2.04. The maximum absolute atomic E-state index is 11.8. The SMILES string of the molecule is CCN(C(=O)NCCCSC)C(C)CC(=O)O. The lowest BCUT2D eigenvalue weighted by Crippen LogP contribution is -2.45. The molecule has 17 heavy (non-hydrogen) atoms. The number of urea groups is 1. The van der Waals surface area contributed by atoms with Crippen LogP contribution in [0.1, 0.15) is 26.7 Å². The Morgan fingerprint density at radius 1 is 1.47 bits per heavy atom. The van der Waals surface area contributed by atoms with Gasteiger partial charge in [-0.2, -0.15) is 11.8 Å². The predicted octanol–water partition coefficient (Wildman–Crippen LogP) is 1.63. The van der Waals surface area contributed by atoms with E-state index in [0.29, 0.717) is 13.1 Å². The average molecular weight is 262 g/mol. The summed E-state index contributed by atoms with van der Waals surface area (Å²) in [6, 6.07) is -0.458. The lowest BCUT2D eigenvalue weighted by Gasteiger charge is -2.27. The maximum Gasteiger partial charge on any atom is 0.317 e. The van der Waals surface area contributed by atoms with Gasteiger partial charge in [-0.05, 0) is 32.3 Å². The first-order valence-corrected chi connectivity index (χ1v) is 7.17. The van der Waals surface area contributed by atoms with Crippen molar-refractivity contribution in [2.75, 3.05) is 25.1 Å². The number of thioether (sulfide) groups is 1. The van der Waals surface area contributed by atoms with Crippen molar-refractivity contribution >= 4 is 23.8 Å². The average Bonchev–Trinajstić information content (AvgIpc) is 2.24. The second-order valence-electron chi connectivity index (χ2n) is 3.81. The minimum atomic E-state index is -0.883. The molecule has 0 spiro atoms. The van der Waals surface area contributed by atoms with Gasteiger partial charge in [0.2, 0.25) is 0 Å². The Morgan fingerprint density at radius 2 is 2.12 bits per heavy atom. The van der Waals surface area contributed by atoms with Gasteiger partial charge in [0.05, 0.1) is 6.42 Å². The van der Waals surface area contributed by atoms with Crippen LogP contribution in [-0.4, -0.2) is 53.1 Å². The van der Waals surface area contributed by atoms with E-state index in [9.17, 15) is 9.59 Å². The monoisotopic (exact) mass is 262 g/mol. The van der Waals surface area contributed by atoms with Crippen LogP contribution >= 0.6 is 11.8 Å². The second-order valence-corrected chi connectivity index (χ2v) is 4.80. The number of carbonyl (C=O) groups excluding carboxylic acids is 1. The van der Waals surface area contributed by atoms with Crippen LogP contribution in [0, 0.1) is 0 Å². The van der Waals surface area contributed by atoms with Crippen molar-refractivity contribution in [1.29, 1.82) is 0 Å². The number of hydrogen-bond acceptors (Lipinski definition) is 3. The molecule has 0 bridgehead atoms. The van der Waals surface area contributed by atoms with Crippen LogP contribution in [-0.2, 0) is 4.79 Å². The van der Waals surface area contributed by atoms with Crippen LogP contribution < -0.4 is 5.32 Å². The van der Waals surface area contributed by atoms with Crippen LogP contribution in [0.2, 0.25) is 0 Å². The number of nitrogens with one attached hydrogen (secondary N) is 1. The zero-order chi connectivity index (χ0) is 13.3. The van der Waals surface area contributed by atoms with Gasteiger partial charge in [-0.15, -0.1) is 0 Å². The molecule has 0 aromatic carbocycles. The third-order valence-electron chi connectivity index (χ3n) is 2.41. The molecule has 0 saturated carbocycles. The maximum atomic E-state index is 11.8. The molecule has 0 aliphatic carbocycles. The molecule has 5 nitrogen and oxygen atoms in total. The normalized spacial score (nSPS) is 11.9. The van der Waals surface area contributed by atoms with Gasteiger partial charge in [-0.1, -0.05) is 0 Å². The van der Waals surface area contributed by atoms with Gasteiger partial charge < -0.3 is 15.3 Å². The Kier molecular flexibility index (Phi) is 8.66. The van der Waals surface area contributed by atoms with Gasteiger partial charge in [0.15, 0.2) is 0 Å². The molecule has 1 atom stereocenters. The Bertz CT molecular complexity index is 249. The summed E-state index contributed by atoms with van der Waals surface area (Å²) in [5, 5.41) is 11.5. The number of hydrogen-bond donors (Lipinski definition) is 2. The van der Waals surface area contributed by atoms with E-state index in [1.54, 1.807) is 23.6 Å². The van der Waals surface area contributed by atoms with Crippen molar-refractivity contribution in [1.82, 2.24) is 10.2 Å². The highest BCUT2D eigenvalue weighted by molar-refractivity contribution is 7.98. The molecular weight excluding hydrogens is 240 g/mol. The topological polar surface area (TPSA) is 69.6 Å². The minimum Gasteiger partial charge on any atom is -0.481 e. The summed E-state index contributed by atoms with van der Waals surface area (Å²) in [6.07, 6.45) is 2.93. The Morgan fingerprint density at radius 3 is 2.59 bits per heavy atom. The van der Waals surface area contributed by atoms with Crippen molar-refractivity contribution in [3.8, 4) is 0 Å². The summed E-state index contributed by atoms with van der Waals surface area (Å²) in [5.41, 5.74) is 0. The van der Waals surface area contributed by atoms with Gasteiger partial charge in [-0.3, -0.25) is 4.79 Å². The fourth-order valence-electron chi connectivity index (χ4n) is 1.53. The molecule has 100 valence electrons. The first-order valence-electron chi connectivity index (χ1n) is 5.78. The van der Waals surface area contributed by atoms with Crippen molar-refractivity contribution in [3.05, 3.63) is 0 Å². The number of aliphatic carboxylic acids is 1. The third-order valence-corrected chi connectivity index (χ3v) is 3.10. The third kappa shape index (κ3) is 7.10. The Hall–Kier alpha value is -0.910. The second kappa shape index (κ2) is 9.15. The number of amides is 2. The van der Waals surface area contributed by atoms with Crippen LogP contribution in [0.3, 0.4) is 0 Å². The first kappa shape index (κ1) is 16.1. The van der Waals surface area contributed by atoms with Crippen LogP contribution in [0.4, 0.5) is 4.79 Å². The van der Waals surface area contributed by atoms with Gasteiger partial charge in [0.1, 0.15) is 0 Å². The van der Waals surface area contributed by atoms with E-state index in [1.165, 1.54) is 0 Å². The van der Waals surface area contributed by atoms with E-state index >= 15 is 0 Å². The number of nitrogens with zero attached hydrogens (tertiary/aromatic N) is 1. The molecule has 0 saturated heterocycles. The fourth-order valence-corrected chi connectivity index (χ4v) is 1.96. The molecule has 2 N–H and O–H groups in total. The summed E-state index contributed by atoms with van der Waals surface area (Å²) in [5.74, 6) is 0.128. The molecule has 0 aliphatic rings. The number of rotatable bonds is 8. The molecule has 1 unspecified atom stereocenters. The number of carboxylic acid groups (broad SMARTS) is 1. The highest BCUT2D eigenvalue weighted by Gasteiger charge is 2.19. The highest BCUT2D eigenvalue weighted by atomic mass is 32.2. The van der Waals surface area contributed by atoms with Crippen LogP contribution in [0.15, 0.2) is 0 Å². The van der Waals surface area contributed by atoms with E-state index in [-0.39, 0.29) is 18.5 Å². The zero-order valence-electron chi connectivity index (χ0n) is 10.7. The van der Waals surface area contributed by atoms with Crippen molar-refractivity contribution in [2.45, 2.75) is 32.7 Å². The first-order chi connectivity index (χ1) is 8.02. The molecule has 0 aromatic rings. The smallest absolute Gasteiger partial charge is 0.317 e. The predicted molar refractivity (Wildman–Crippen MR) is 70.5 cm³/mol. The summed E-state index contributed by atoms with van der Waals surface area (Å²) >= 11 is 1.74. The lowest BCUT2D eigenvalue weighted by molar-refractivity contribution is -0.138. The molecule has 6 heteroatoms. The van der Waals surface area contributed by atoms with Crippen LogP contribution in [0.25, 0.3) is 0 Å². The van der Waals surface area contributed by atoms with E-state index in [2.05, 4.69) is 5.32 Å². The zero-order valence-corrected chi connectivity index (χ0v) is 11.5. The van der Waals surface area contributed by atoms with Gasteiger partial charge in [0, 0.05) is 19.1 Å². The number of carbonyl (C=O) groups is 2. The minimum absolute atomic E-state index is 0.0218. The van der Waals surface area contributed by atoms with E-state index in [1.807, 2.05) is 13.2 Å². The van der Waals surface area contributed by atoms with Crippen LogP contribution in [0.5, 0.6) is 0 Å². The lowest BCUT2D eigenvalue weighted by atomic mass is 10.2. The molecule has 0 aromatic heterocycles. The summed E-state index contributed by atoms with van der Waals surface area (Å²) in [6.45, 7) is 4.75. The molecule has 2 amide bonds. The molecular formula is C11H22N2O3S. The Labute approximate surface area is 107 Å². The number of carboxylic acids is 1. The van der Waals surface area contributed by atoms with Crippen molar-refractivity contribution < 1.29 is 14.7 Å². The molecule has 0 rings (SSSR count). The Balaban J connectivity index is 4.06. The van der Waals surface area contributed by atoms with Crippen molar-refractivity contribution in [2.24, 2.45) is 0 Å². The standard InChI is InChI=1S/C11H22N2O3S/c1-4-13(9(2)8-10(14)15)11(16)12-6-5-7-17-3/h9H,4-8H2,1-3H3,(H,12,16)(H,14,15). The van der Waals surface area contributed by atoms with E-state index < -0.39 is 5.97 Å². The van der Waals surface area contributed by atoms with Gasteiger partial charge in [-0.25, -0.2) is 4.79 Å². The summed E-state index contributed by atoms with van der Waals surface area (Å²) in [4.78, 5) is 23.9. The summed E-state index contributed by atoms with van der Waals surface area (Å²) < 4.78 is 0. The van der Waals surface area contributed by atoms with Crippen molar-refractivity contribution in [3.63, 3.8) is 0 Å². The van der Waals surface area contributed by atoms with E-state index in [4.69, 9.17) is 5.11 Å². The summed E-state index contributed by atoms with van der Waals surface area (Å²) in [7, 11) is 0. The van der Waals surface area contributed by atoms with Gasteiger partial charge in [0.25, 0.3) is 0 Å². The van der Waals surface area contributed by atoms with E-state index in [0.717, 1.165) is 12.2 Å². The quantitative estimate of drug-likeness (QED) is 0.652. The van der Waals surface area contributed by atoms with Gasteiger partial charge >= 0.3 is 12.0 Å². The largest absolute Gasteiger partial charge is 0.481 e. The molecule has 0 aliphatic heterocycles. The molecule has 0 heterocycles.